The van der Waals surface area contributed by atoms with E-state index in [1.165, 1.54) is 0 Å². The lowest BCUT2D eigenvalue weighted by molar-refractivity contribution is 0.144. The van der Waals surface area contributed by atoms with Crippen molar-refractivity contribution in [2.45, 2.75) is 20.3 Å². The van der Waals surface area contributed by atoms with Gasteiger partial charge < -0.3 is 4.98 Å². The van der Waals surface area contributed by atoms with Crippen molar-refractivity contribution in [1.82, 2.24) is 9.97 Å². The van der Waals surface area contributed by atoms with Crippen molar-refractivity contribution in [3.05, 3.63) is 39.3 Å². The fourth-order valence-corrected chi connectivity index (χ4v) is 1.51. The van der Waals surface area contributed by atoms with Gasteiger partial charge in [-0.25, -0.2) is 13.8 Å². The second-order valence-corrected chi connectivity index (χ2v) is 3.71. The molecule has 0 amide bonds. The zero-order chi connectivity index (χ0) is 11.9. The molecule has 2 aromatic rings. The van der Waals surface area contributed by atoms with Gasteiger partial charge in [0.05, 0.1) is 11.0 Å². The Hall–Kier alpha value is -1.78. The van der Waals surface area contributed by atoms with Crippen molar-refractivity contribution in [3.8, 4) is 0 Å². The number of benzene rings is 1. The van der Waals surface area contributed by atoms with Crippen LogP contribution in [0.15, 0.2) is 16.9 Å². The van der Waals surface area contributed by atoms with E-state index in [1.807, 2.05) is 13.8 Å². The molecule has 0 atom stereocenters. The predicted molar refractivity (Wildman–Crippen MR) is 56.8 cm³/mol. The summed E-state index contributed by atoms with van der Waals surface area (Å²) >= 11 is 0. The number of hydrogen-bond acceptors (Lipinski definition) is 2. The van der Waals surface area contributed by atoms with Crippen molar-refractivity contribution in [3.63, 3.8) is 0 Å². The van der Waals surface area contributed by atoms with Crippen LogP contribution in [0, 0.1) is 13.8 Å². The molecule has 0 saturated heterocycles. The number of nitrogens with one attached hydrogen (secondary N) is 1. The molecule has 0 aliphatic rings. The second-order valence-electron chi connectivity index (χ2n) is 3.71. The first kappa shape index (κ1) is 10.7. The van der Waals surface area contributed by atoms with Crippen LogP contribution in [0.1, 0.15) is 23.2 Å². The molecule has 0 aliphatic carbocycles. The molecule has 0 saturated carbocycles. The van der Waals surface area contributed by atoms with E-state index in [9.17, 15) is 13.6 Å². The first-order valence-electron chi connectivity index (χ1n) is 4.78. The lowest BCUT2D eigenvalue weighted by atomic mass is 10.1. The van der Waals surface area contributed by atoms with Gasteiger partial charge in [0, 0.05) is 0 Å². The maximum absolute atomic E-state index is 12.5. The van der Waals surface area contributed by atoms with Crippen LogP contribution >= 0.6 is 0 Å². The lowest BCUT2D eigenvalue weighted by Gasteiger charge is -2.04. The molecule has 5 heteroatoms. The third-order valence-corrected chi connectivity index (χ3v) is 2.54. The summed E-state index contributed by atoms with van der Waals surface area (Å²) in [4.78, 5) is 17.4. The zero-order valence-corrected chi connectivity index (χ0v) is 8.84. The minimum Gasteiger partial charge on any atom is -0.319 e. The van der Waals surface area contributed by atoms with Crippen molar-refractivity contribution in [2.24, 2.45) is 0 Å². The van der Waals surface area contributed by atoms with Crippen LogP contribution in [0.2, 0.25) is 0 Å². The van der Waals surface area contributed by atoms with Crippen LogP contribution in [-0.2, 0) is 0 Å². The highest BCUT2D eigenvalue weighted by Gasteiger charge is 2.15. The van der Waals surface area contributed by atoms with Crippen LogP contribution < -0.4 is 5.56 Å². The number of fused-ring (bicyclic) bond motifs is 1. The third kappa shape index (κ3) is 1.68. The Morgan fingerprint density at radius 1 is 1.25 bits per heavy atom. The highest BCUT2D eigenvalue weighted by Crippen LogP contribution is 2.18. The number of halogens is 2. The van der Waals surface area contributed by atoms with Crippen molar-refractivity contribution >= 4 is 11.0 Å². The number of aromatic nitrogens is 2. The van der Waals surface area contributed by atoms with Crippen molar-refractivity contribution in [2.75, 3.05) is 0 Å². The Morgan fingerprint density at radius 3 is 2.50 bits per heavy atom. The van der Waals surface area contributed by atoms with E-state index < -0.39 is 17.7 Å². The molecule has 0 unspecified atom stereocenters. The fraction of sp³-hybridized carbons (Fsp3) is 0.273. The first-order valence-corrected chi connectivity index (χ1v) is 4.78. The maximum atomic E-state index is 12.5. The summed E-state index contributed by atoms with van der Waals surface area (Å²) in [7, 11) is 0. The molecule has 84 valence electrons. The monoisotopic (exact) mass is 224 g/mol. The summed E-state index contributed by atoms with van der Waals surface area (Å²) in [5, 5.41) is 0. The number of H-pyrrole nitrogens is 1. The Labute approximate surface area is 90.1 Å². The summed E-state index contributed by atoms with van der Waals surface area (Å²) in [6.45, 7) is 3.75. The zero-order valence-electron chi connectivity index (χ0n) is 8.84. The fourth-order valence-electron chi connectivity index (χ4n) is 1.51. The number of nitrogens with zero attached hydrogens (tertiary/aromatic N) is 1. The summed E-state index contributed by atoms with van der Waals surface area (Å²) < 4.78 is 24.9. The molecular weight excluding hydrogens is 214 g/mol. The lowest BCUT2D eigenvalue weighted by Crippen LogP contribution is -2.15. The Bertz CT molecular complexity index is 605. The van der Waals surface area contributed by atoms with E-state index in [1.54, 1.807) is 12.1 Å². The molecule has 1 aromatic carbocycles. The topological polar surface area (TPSA) is 45.8 Å². The van der Waals surface area contributed by atoms with Gasteiger partial charge in [-0.05, 0) is 37.1 Å². The van der Waals surface area contributed by atoms with E-state index >= 15 is 0 Å². The molecule has 1 heterocycles. The first-order chi connectivity index (χ1) is 7.49. The number of rotatable bonds is 1. The van der Waals surface area contributed by atoms with E-state index in [-0.39, 0.29) is 0 Å². The van der Waals surface area contributed by atoms with Gasteiger partial charge in [-0.2, -0.15) is 0 Å². The van der Waals surface area contributed by atoms with Gasteiger partial charge >= 0.3 is 0 Å². The van der Waals surface area contributed by atoms with Gasteiger partial charge in [-0.1, -0.05) is 0 Å². The summed E-state index contributed by atoms with van der Waals surface area (Å²) in [6, 6.07) is 3.42. The van der Waals surface area contributed by atoms with Crippen LogP contribution in [0.5, 0.6) is 0 Å². The molecule has 0 spiro atoms. The molecule has 0 fully saturated rings. The van der Waals surface area contributed by atoms with Crippen molar-refractivity contribution in [1.29, 1.82) is 0 Å². The quantitative estimate of drug-likeness (QED) is 0.808. The summed E-state index contributed by atoms with van der Waals surface area (Å²) in [6.07, 6.45) is -2.85. The molecule has 16 heavy (non-hydrogen) atoms. The largest absolute Gasteiger partial charge is 0.319 e. The molecule has 2 rings (SSSR count). The van der Waals surface area contributed by atoms with Crippen LogP contribution in [0.4, 0.5) is 8.78 Å². The second kappa shape index (κ2) is 3.66. The molecule has 3 nitrogen and oxygen atoms in total. The van der Waals surface area contributed by atoms with E-state index in [0.717, 1.165) is 11.1 Å². The van der Waals surface area contributed by atoms with Crippen LogP contribution in [0.25, 0.3) is 11.0 Å². The highest BCUT2D eigenvalue weighted by atomic mass is 19.3. The minimum atomic E-state index is -2.85. The molecule has 1 N–H and O–H groups in total. The van der Waals surface area contributed by atoms with E-state index in [2.05, 4.69) is 9.97 Å². The van der Waals surface area contributed by atoms with Gasteiger partial charge in [0.25, 0.3) is 12.0 Å². The SMILES string of the molecule is Cc1cc2nc(C(F)F)c(=O)[nH]c2cc1C. The molecule has 1 aromatic heterocycles. The van der Waals surface area contributed by atoms with Gasteiger partial charge in [0.2, 0.25) is 0 Å². The summed E-state index contributed by atoms with van der Waals surface area (Å²) in [5.41, 5.74) is 1.25. The third-order valence-electron chi connectivity index (χ3n) is 2.54. The van der Waals surface area contributed by atoms with E-state index in [4.69, 9.17) is 0 Å². The standard InChI is InChI=1S/C11H10F2N2O/c1-5-3-7-8(4-6(5)2)15-11(16)9(14-7)10(12)13/h3-4,10H,1-2H3,(H,15,16). The number of aryl methyl sites for hydroxylation is 2. The summed E-state index contributed by atoms with van der Waals surface area (Å²) in [5.74, 6) is 0. The average molecular weight is 224 g/mol. The average Bonchev–Trinajstić information content (AvgIpc) is 2.19. The van der Waals surface area contributed by atoms with Crippen molar-refractivity contribution < 1.29 is 8.78 Å². The number of hydrogen-bond donors (Lipinski definition) is 1. The van der Waals surface area contributed by atoms with Gasteiger partial charge in [0.15, 0.2) is 5.69 Å². The Balaban J connectivity index is 2.80. The number of aromatic amines is 1. The maximum Gasteiger partial charge on any atom is 0.285 e. The van der Waals surface area contributed by atoms with Gasteiger partial charge in [-0.3, -0.25) is 4.79 Å². The normalized spacial score (nSPS) is 11.3. The molecule has 0 radical (unpaired) electrons. The Morgan fingerprint density at radius 2 is 1.88 bits per heavy atom. The smallest absolute Gasteiger partial charge is 0.285 e. The van der Waals surface area contributed by atoms with Gasteiger partial charge in [-0.15, -0.1) is 0 Å². The van der Waals surface area contributed by atoms with E-state index in [0.29, 0.717) is 11.0 Å². The molecular formula is C11H10F2N2O. The molecule has 0 bridgehead atoms. The predicted octanol–water partition coefficient (Wildman–Crippen LogP) is 2.48. The Kier molecular flexibility index (Phi) is 2.46. The molecule has 0 aliphatic heterocycles. The van der Waals surface area contributed by atoms with Gasteiger partial charge in [0.1, 0.15) is 0 Å². The minimum absolute atomic E-state index is 0.387. The van der Waals surface area contributed by atoms with Crippen LogP contribution in [-0.4, -0.2) is 9.97 Å². The van der Waals surface area contributed by atoms with Crippen LogP contribution in [0.3, 0.4) is 0 Å². The number of alkyl halides is 2. The highest BCUT2D eigenvalue weighted by molar-refractivity contribution is 5.76.